The molecule has 0 fully saturated rings. The van der Waals surface area contributed by atoms with E-state index in [1.807, 2.05) is 30.3 Å². The monoisotopic (exact) mass is 475 g/mol. The zero-order valence-electron chi connectivity index (χ0n) is 20.6. The van der Waals surface area contributed by atoms with Crippen molar-refractivity contribution in [2.45, 2.75) is 32.4 Å². The normalized spacial score (nSPS) is 14.5. The Morgan fingerprint density at radius 2 is 1.69 bits per heavy atom. The fourth-order valence-electron chi connectivity index (χ4n) is 4.77. The molecule has 1 aromatic heterocycles. The van der Waals surface area contributed by atoms with E-state index in [-0.39, 0.29) is 11.5 Å². The van der Waals surface area contributed by atoms with Crippen LogP contribution < -0.4 is 20.3 Å². The van der Waals surface area contributed by atoms with Crippen molar-refractivity contribution in [1.82, 2.24) is 14.8 Å². The highest BCUT2D eigenvalue weighted by atomic mass is 16.5. The highest BCUT2D eigenvalue weighted by Gasteiger charge is 2.26. The summed E-state index contributed by atoms with van der Waals surface area (Å²) in [5, 5.41) is 2.99. The summed E-state index contributed by atoms with van der Waals surface area (Å²) >= 11 is 0. The van der Waals surface area contributed by atoms with Gasteiger partial charge in [-0.25, -0.2) is 0 Å². The van der Waals surface area contributed by atoms with Crippen LogP contribution in [-0.2, 0) is 19.5 Å². The summed E-state index contributed by atoms with van der Waals surface area (Å²) in [6.07, 6.45) is 0.589. The Bertz CT molecular complexity index is 1220. The van der Waals surface area contributed by atoms with Crippen LogP contribution >= 0.6 is 0 Å². The van der Waals surface area contributed by atoms with Crippen molar-refractivity contribution in [2.24, 2.45) is 0 Å². The minimum atomic E-state index is -0.261. The van der Waals surface area contributed by atoms with Crippen LogP contribution in [0.1, 0.15) is 40.0 Å². The van der Waals surface area contributed by atoms with Crippen molar-refractivity contribution >= 4 is 5.91 Å². The van der Waals surface area contributed by atoms with Gasteiger partial charge in [0.15, 0.2) is 0 Å². The van der Waals surface area contributed by atoms with Gasteiger partial charge in [0.1, 0.15) is 17.1 Å². The van der Waals surface area contributed by atoms with Gasteiger partial charge in [0, 0.05) is 56.5 Å². The second-order valence-corrected chi connectivity index (χ2v) is 8.88. The zero-order valence-corrected chi connectivity index (χ0v) is 20.6. The van der Waals surface area contributed by atoms with E-state index in [0.717, 1.165) is 30.9 Å². The summed E-state index contributed by atoms with van der Waals surface area (Å²) in [5.74, 6) is 1.13. The maximum absolute atomic E-state index is 13.4. The molecule has 1 amide bonds. The van der Waals surface area contributed by atoms with Crippen LogP contribution in [0, 0.1) is 0 Å². The number of aromatic nitrogens is 1. The van der Waals surface area contributed by atoms with E-state index >= 15 is 0 Å². The number of nitrogens with zero attached hydrogens (tertiary/aromatic N) is 2. The first-order valence-electron chi connectivity index (χ1n) is 12.0. The molecule has 0 unspecified atom stereocenters. The minimum absolute atomic E-state index is 0.143. The Labute approximate surface area is 206 Å². The van der Waals surface area contributed by atoms with Gasteiger partial charge in [-0.3, -0.25) is 9.59 Å². The molecule has 3 aromatic rings. The van der Waals surface area contributed by atoms with Crippen molar-refractivity contribution in [1.29, 1.82) is 0 Å². The van der Waals surface area contributed by atoms with E-state index in [9.17, 15) is 9.59 Å². The number of carbonyl (C=O) groups excluding carboxylic acids is 1. The molecule has 1 aliphatic heterocycles. The number of amides is 1. The molecule has 0 saturated carbocycles. The van der Waals surface area contributed by atoms with E-state index in [1.54, 1.807) is 11.7 Å². The lowest BCUT2D eigenvalue weighted by molar-refractivity contribution is 0.0945. The zero-order chi connectivity index (χ0) is 24.8. The molecule has 2 aromatic carbocycles. The van der Waals surface area contributed by atoms with Crippen molar-refractivity contribution in [3.05, 3.63) is 93.4 Å². The lowest BCUT2D eigenvalue weighted by Gasteiger charge is -2.24. The lowest BCUT2D eigenvalue weighted by atomic mass is 10.0. The van der Waals surface area contributed by atoms with Gasteiger partial charge in [0.2, 0.25) is 0 Å². The summed E-state index contributed by atoms with van der Waals surface area (Å²) in [6.45, 7) is 5.46. The van der Waals surface area contributed by atoms with Crippen LogP contribution in [-0.4, -0.2) is 49.2 Å². The van der Waals surface area contributed by atoms with E-state index < -0.39 is 0 Å². The van der Waals surface area contributed by atoms with Crippen molar-refractivity contribution in [3.63, 3.8) is 0 Å². The quantitative estimate of drug-likeness (QED) is 0.540. The summed E-state index contributed by atoms with van der Waals surface area (Å²) < 4.78 is 12.6. The van der Waals surface area contributed by atoms with E-state index in [2.05, 4.69) is 41.4 Å². The Kier molecular flexibility index (Phi) is 7.87. The summed E-state index contributed by atoms with van der Waals surface area (Å²) in [5.41, 5.74) is 3.19. The van der Waals surface area contributed by atoms with E-state index in [4.69, 9.17) is 9.47 Å². The van der Waals surface area contributed by atoms with Gasteiger partial charge in [-0.05, 0) is 17.5 Å². The maximum atomic E-state index is 13.4. The topological polar surface area (TPSA) is 72.8 Å². The number of fused-ring (bicyclic) bond motifs is 1. The van der Waals surface area contributed by atoms with Crippen molar-refractivity contribution in [3.8, 4) is 11.5 Å². The van der Waals surface area contributed by atoms with Gasteiger partial charge in [-0.1, -0.05) is 55.5 Å². The fourth-order valence-corrected chi connectivity index (χ4v) is 4.77. The standard InChI is InChI=1S/C28H33N3O4/c1-20(21-9-5-4-6-10-21)19-30-14-13-23-27(25(35-3)17-26(32)31(23)16-15-30)28(33)29-18-22-11-7-8-12-24(22)34-2/h4-12,17,20H,13-16,18-19H2,1-3H3,(H,29,33)/t20-/m0/s1. The maximum Gasteiger partial charge on any atom is 0.257 e. The summed E-state index contributed by atoms with van der Waals surface area (Å²) in [7, 11) is 3.10. The number of pyridine rings is 1. The molecule has 0 saturated heterocycles. The molecular weight excluding hydrogens is 442 g/mol. The first-order valence-corrected chi connectivity index (χ1v) is 12.0. The van der Waals surface area contributed by atoms with Crippen molar-refractivity contribution in [2.75, 3.05) is 33.9 Å². The molecular formula is C28H33N3O4. The molecule has 0 bridgehead atoms. The number of para-hydroxylation sites is 1. The number of hydrogen-bond acceptors (Lipinski definition) is 5. The van der Waals surface area contributed by atoms with Gasteiger partial charge in [0.25, 0.3) is 11.5 Å². The molecule has 7 nitrogen and oxygen atoms in total. The predicted molar refractivity (Wildman–Crippen MR) is 136 cm³/mol. The van der Waals surface area contributed by atoms with Crippen molar-refractivity contribution < 1.29 is 14.3 Å². The average molecular weight is 476 g/mol. The molecule has 184 valence electrons. The van der Waals surface area contributed by atoms with Gasteiger partial charge < -0.3 is 24.3 Å². The van der Waals surface area contributed by atoms with Crippen LogP contribution in [0.25, 0.3) is 0 Å². The molecule has 7 heteroatoms. The molecule has 1 N–H and O–H groups in total. The Balaban J connectivity index is 1.55. The van der Waals surface area contributed by atoms with Crippen LogP contribution in [0.4, 0.5) is 0 Å². The summed E-state index contributed by atoms with van der Waals surface area (Å²) in [6, 6.07) is 19.4. The predicted octanol–water partition coefficient (Wildman–Crippen LogP) is 3.46. The molecule has 2 heterocycles. The molecule has 0 aliphatic carbocycles. The highest BCUT2D eigenvalue weighted by molar-refractivity contribution is 5.98. The first-order chi connectivity index (χ1) is 17.0. The van der Waals surface area contributed by atoms with Crippen LogP contribution in [0.2, 0.25) is 0 Å². The molecule has 0 spiro atoms. The molecule has 0 radical (unpaired) electrons. The lowest BCUT2D eigenvalue weighted by Crippen LogP contribution is -2.32. The van der Waals surface area contributed by atoms with Crippen LogP contribution in [0.5, 0.6) is 11.5 Å². The second-order valence-electron chi connectivity index (χ2n) is 8.88. The van der Waals surface area contributed by atoms with Gasteiger partial charge in [-0.2, -0.15) is 0 Å². The molecule has 1 aliphatic rings. The number of benzene rings is 2. The fraction of sp³-hybridized carbons (Fsp3) is 0.357. The number of carbonyl (C=O) groups is 1. The molecule has 35 heavy (non-hydrogen) atoms. The number of nitrogens with one attached hydrogen (secondary N) is 1. The minimum Gasteiger partial charge on any atom is -0.496 e. The van der Waals surface area contributed by atoms with E-state index in [1.165, 1.54) is 18.7 Å². The van der Waals surface area contributed by atoms with E-state index in [0.29, 0.717) is 42.5 Å². The van der Waals surface area contributed by atoms with Gasteiger partial charge in [-0.15, -0.1) is 0 Å². The van der Waals surface area contributed by atoms with Gasteiger partial charge in [0.05, 0.1) is 14.2 Å². The Morgan fingerprint density at radius 1 is 0.971 bits per heavy atom. The summed E-state index contributed by atoms with van der Waals surface area (Å²) in [4.78, 5) is 28.6. The largest absolute Gasteiger partial charge is 0.496 e. The molecule has 1 atom stereocenters. The third kappa shape index (κ3) is 5.57. The SMILES string of the molecule is COc1ccccc1CNC(=O)c1c(OC)cc(=O)n2c1CCN(C[C@H](C)c1ccccc1)CC2. The van der Waals surface area contributed by atoms with Crippen LogP contribution in [0.3, 0.4) is 0 Å². The number of hydrogen-bond donors (Lipinski definition) is 1. The number of ether oxygens (including phenoxy) is 2. The average Bonchev–Trinajstić information content (AvgIpc) is 3.10. The Morgan fingerprint density at radius 3 is 2.43 bits per heavy atom. The number of rotatable bonds is 8. The Hall–Kier alpha value is -3.58. The third-order valence-corrected chi connectivity index (χ3v) is 6.67. The first kappa shape index (κ1) is 24.5. The smallest absolute Gasteiger partial charge is 0.257 e. The van der Waals surface area contributed by atoms with Gasteiger partial charge >= 0.3 is 0 Å². The highest BCUT2D eigenvalue weighted by Crippen LogP contribution is 2.25. The molecule has 4 rings (SSSR count). The second kappa shape index (κ2) is 11.2. The van der Waals surface area contributed by atoms with Crippen LogP contribution in [0.15, 0.2) is 65.5 Å². The number of methoxy groups -OCH3 is 2. The third-order valence-electron chi connectivity index (χ3n) is 6.67.